The van der Waals surface area contributed by atoms with Crippen LogP contribution in [0.15, 0.2) is 35.3 Å². The zero-order valence-electron chi connectivity index (χ0n) is 18.4. The number of rotatable bonds is 6. The summed E-state index contributed by atoms with van der Waals surface area (Å²) in [7, 11) is 1.55. The first kappa shape index (κ1) is 23.3. The number of hydrogen-bond acceptors (Lipinski definition) is 6. The molecule has 2 aromatic rings. The average Bonchev–Trinajstić information content (AvgIpc) is 2.80. The number of imide groups is 1. The van der Waals surface area contributed by atoms with Gasteiger partial charge >= 0.3 is 0 Å². The molecule has 176 valence electrons. The van der Waals surface area contributed by atoms with E-state index in [0.717, 1.165) is 5.69 Å². The average molecular weight is 477 g/mol. The fourth-order valence-electron chi connectivity index (χ4n) is 4.40. The van der Waals surface area contributed by atoms with E-state index in [1.807, 2.05) is 18.2 Å². The number of piperidine rings is 1. The molecule has 0 saturated carbocycles. The van der Waals surface area contributed by atoms with Gasteiger partial charge in [0.25, 0.3) is 5.56 Å². The van der Waals surface area contributed by atoms with Crippen LogP contribution in [0.1, 0.15) is 24.3 Å². The smallest absolute Gasteiger partial charge is 0.277 e. The molecule has 10 heteroatoms. The van der Waals surface area contributed by atoms with Gasteiger partial charge in [-0.1, -0.05) is 23.7 Å². The minimum atomic E-state index is -0.542. The predicted octanol–water partition coefficient (Wildman–Crippen LogP) is 2.13. The van der Waals surface area contributed by atoms with Crippen LogP contribution in [0, 0.1) is 5.82 Å². The molecule has 0 spiro atoms. The lowest BCUT2D eigenvalue weighted by Gasteiger charge is -2.38. The summed E-state index contributed by atoms with van der Waals surface area (Å²) in [5.41, 5.74) is 1.16. The molecule has 2 aliphatic rings. The number of pyridine rings is 1. The number of amides is 2. The number of carbonyl (C=O) groups is 2. The Balaban J connectivity index is 1.51. The highest BCUT2D eigenvalue weighted by atomic mass is 35.5. The van der Waals surface area contributed by atoms with Crippen LogP contribution in [0.5, 0.6) is 0 Å². The van der Waals surface area contributed by atoms with E-state index in [0.29, 0.717) is 56.3 Å². The van der Waals surface area contributed by atoms with Gasteiger partial charge in [0.2, 0.25) is 11.8 Å². The largest absolute Gasteiger partial charge is 0.383 e. The van der Waals surface area contributed by atoms with Crippen LogP contribution >= 0.6 is 11.6 Å². The number of piperazine rings is 1. The van der Waals surface area contributed by atoms with Crippen molar-refractivity contribution in [3.05, 3.63) is 57.2 Å². The lowest BCUT2D eigenvalue weighted by atomic mass is 9.90. The second-order valence-corrected chi connectivity index (χ2v) is 8.54. The first-order valence-electron chi connectivity index (χ1n) is 10.9. The lowest BCUT2D eigenvalue weighted by Crippen LogP contribution is -2.49. The molecular formula is C23H26ClFN4O4. The predicted molar refractivity (Wildman–Crippen MR) is 124 cm³/mol. The van der Waals surface area contributed by atoms with Gasteiger partial charge in [0, 0.05) is 52.5 Å². The second kappa shape index (κ2) is 9.93. The number of carbonyl (C=O) groups excluding carboxylic acids is 2. The zero-order valence-corrected chi connectivity index (χ0v) is 19.1. The number of benzene rings is 1. The summed E-state index contributed by atoms with van der Waals surface area (Å²) in [6.07, 6.45) is 2.14. The van der Waals surface area contributed by atoms with Crippen LogP contribution in [0.4, 0.5) is 15.8 Å². The van der Waals surface area contributed by atoms with Crippen molar-refractivity contribution < 1.29 is 18.7 Å². The van der Waals surface area contributed by atoms with E-state index in [9.17, 15) is 18.8 Å². The third kappa shape index (κ3) is 4.74. The maximum absolute atomic E-state index is 14.6. The van der Waals surface area contributed by atoms with Crippen molar-refractivity contribution in [1.82, 2.24) is 9.88 Å². The van der Waals surface area contributed by atoms with E-state index in [1.165, 1.54) is 16.8 Å². The minimum Gasteiger partial charge on any atom is -0.383 e. The van der Waals surface area contributed by atoms with Crippen molar-refractivity contribution in [2.75, 3.05) is 49.7 Å². The Morgan fingerprint density at radius 1 is 1.12 bits per heavy atom. The van der Waals surface area contributed by atoms with Gasteiger partial charge in [-0.3, -0.25) is 19.7 Å². The van der Waals surface area contributed by atoms with Crippen molar-refractivity contribution in [2.45, 2.75) is 25.3 Å². The van der Waals surface area contributed by atoms with Crippen LogP contribution in [0.25, 0.3) is 0 Å². The minimum absolute atomic E-state index is 0.0663. The highest BCUT2D eigenvalue weighted by Crippen LogP contribution is 2.37. The van der Waals surface area contributed by atoms with Crippen molar-refractivity contribution in [1.29, 1.82) is 0 Å². The van der Waals surface area contributed by atoms with Crippen LogP contribution in [0.2, 0.25) is 5.02 Å². The van der Waals surface area contributed by atoms with Crippen molar-refractivity contribution in [3.63, 3.8) is 0 Å². The summed E-state index contributed by atoms with van der Waals surface area (Å²) in [5.74, 6) is -1.62. The van der Waals surface area contributed by atoms with E-state index < -0.39 is 11.7 Å². The number of nitrogens with zero attached hydrogens (tertiary/aromatic N) is 3. The molecule has 0 bridgehead atoms. The summed E-state index contributed by atoms with van der Waals surface area (Å²) in [5, 5.41) is 2.85. The zero-order chi connectivity index (χ0) is 23.5. The normalized spacial score (nSPS) is 19.1. The van der Waals surface area contributed by atoms with Crippen molar-refractivity contribution in [2.24, 2.45) is 0 Å². The van der Waals surface area contributed by atoms with Crippen LogP contribution < -0.4 is 20.7 Å². The van der Waals surface area contributed by atoms with Crippen LogP contribution in [-0.4, -0.2) is 56.3 Å². The number of aromatic nitrogens is 1. The van der Waals surface area contributed by atoms with E-state index >= 15 is 0 Å². The topological polar surface area (TPSA) is 83.9 Å². The lowest BCUT2D eigenvalue weighted by molar-refractivity contribution is -0.134. The molecule has 1 aromatic carbocycles. The molecule has 4 rings (SSSR count). The standard InChI is InChI=1S/C23H26ClFN4O4/c1-33-14-13-29-8-7-17(25)21(23(29)32)28-11-9-27(10-12-28)18-4-2-3-15(20(18)24)16-5-6-19(30)26-22(16)31/h2-4,7-8,16H,5-6,9-14H2,1H3,(H,26,30,31). The van der Waals surface area contributed by atoms with Crippen molar-refractivity contribution >= 4 is 34.8 Å². The Morgan fingerprint density at radius 2 is 1.85 bits per heavy atom. The molecule has 8 nitrogen and oxygen atoms in total. The van der Waals surface area contributed by atoms with Gasteiger partial charge in [-0.25, -0.2) is 4.39 Å². The molecule has 1 N–H and O–H groups in total. The van der Waals surface area contributed by atoms with E-state index in [1.54, 1.807) is 12.0 Å². The molecule has 2 amide bonds. The molecular weight excluding hydrogens is 451 g/mol. The summed E-state index contributed by atoms with van der Waals surface area (Å²) in [6.45, 7) is 2.67. The Kier molecular flexibility index (Phi) is 6.99. The van der Waals surface area contributed by atoms with Crippen LogP contribution in [0.3, 0.4) is 0 Å². The molecule has 0 aliphatic carbocycles. The van der Waals surface area contributed by atoms with Gasteiger partial charge in [0.15, 0.2) is 5.82 Å². The van der Waals surface area contributed by atoms with Gasteiger partial charge in [-0.05, 0) is 24.1 Å². The Bertz CT molecular complexity index is 1110. The Morgan fingerprint density at radius 3 is 2.55 bits per heavy atom. The summed E-state index contributed by atoms with van der Waals surface area (Å²) >= 11 is 6.70. The quantitative estimate of drug-likeness (QED) is 0.643. The third-order valence-corrected chi connectivity index (χ3v) is 6.60. The second-order valence-electron chi connectivity index (χ2n) is 8.16. The van der Waals surface area contributed by atoms with Gasteiger partial charge in [0.05, 0.1) is 23.2 Å². The number of methoxy groups -OCH3 is 1. The third-order valence-electron chi connectivity index (χ3n) is 6.19. The highest BCUT2D eigenvalue weighted by molar-refractivity contribution is 6.34. The number of ether oxygens (including phenoxy) is 1. The van der Waals surface area contributed by atoms with Gasteiger partial charge in [0.1, 0.15) is 5.69 Å². The maximum atomic E-state index is 14.6. The van der Waals surface area contributed by atoms with E-state index in [4.69, 9.17) is 16.3 Å². The Labute approximate surface area is 195 Å². The van der Waals surface area contributed by atoms with Gasteiger partial charge < -0.3 is 19.1 Å². The van der Waals surface area contributed by atoms with Crippen molar-refractivity contribution in [3.8, 4) is 0 Å². The molecule has 0 radical (unpaired) electrons. The van der Waals surface area contributed by atoms with Gasteiger partial charge in [-0.2, -0.15) is 0 Å². The summed E-state index contributed by atoms with van der Waals surface area (Å²) in [6, 6.07) is 6.84. The summed E-state index contributed by atoms with van der Waals surface area (Å²) in [4.78, 5) is 40.4. The molecule has 1 aromatic heterocycles. The SMILES string of the molecule is COCCn1ccc(F)c(N2CCN(c3cccc(C4CCC(=O)NC4=O)c3Cl)CC2)c1=O. The first-order chi connectivity index (χ1) is 15.9. The van der Waals surface area contributed by atoms with E-state index in [2.05, 4.69) is 10.2 Å². The van der Waals surface area contributed by atoms with Gasteiger partial charge in [-0.15, -0.1) is 0 Å². The molecule has 1 unspecified atom stereocenters. The summed E-state index contributed by atoms with van der Waals surface area (Å²) < 4.78 is 21.0. The number of halogens is 2. The molecule has 3 heterocycles. The maximum Gasteiger partial charge on any atom is 0.277 e. The molecule has 2 saturated heterocycles. The molecule has 1 atom stereocenters. The van der Waals surface area contributed by atoms with Crippen LogP contribution in [-0.2, 0) is 20.9 Å². The monoisotopic (exact) mass is 476 g/mol. The fourth-order valence-corrected chi connectivity index (χ4v) is 4.78. The Hall–Kier alpha value is -2.91. The molecule has 2 aliphatic heterocycles. The first-order valence-corrected chi connectivity index (χ1v) is 11.3. The highest BCUT2D eigenvalue weighted by Gasteiger charge is 2.31. The number of anilines is 2. The number of hydrogen-bond donors (Lipinski definition) is 1. The molecule has 33 heavy (non-hydrogen) atoms. The number of nitrogens with one attached hydrogen (secondary N) is 1. The van der Waals surface area contributed by atoms with E-state index in [-0.39, 0.29) is 29.5 Å². The fraction of sp³-hybridized carbons (Fsp3) is 0.435. The molecule has 2 fully saturated rings.